The monoisotopic (exact) mass is 249 g/mol. The molecule has 0 N–H and O–H groups in total. The van der Waals surface area contributed by atoms with E-state index in [9.17, 15) is 4.39 Å². The number of para-hydroxylation sites is 1. The van der Waals surface area contributed by atoms with E-state index >= 15 is 0 Å². The lowest BCUT2D eigenvalue weighted by molar-refractivity contribution is 0.627. The maximum Gasteiger partial charge on any atom is 0.123 e. The van der Waals surface area contributed by atoms with E-state index in [0.717, 1.165) is 27.7 Å². The van der Waals surface area contributed by atoms with E-state index in [4.69, 9.17) is 0 Å². The molecule has 0 fully saturated rings. The van der Waals surface area contributed by atoms with Gasteiger partial charge < -0.3 is 0 Å². The van der Waals surface area contributed by atoms with Crippen LogP contribution in [0, 0.1) is 5.82 Å². The topological polar surface area (TPSA) is 12.9 Å². The van der Waals surface area contributed by atoms with Crippen molar-refractivity contribution in [3.05, 3.63) is 84.3 Å². The van der Waals surface area contributed by atoms with Gasteiger partial charge in [-0.05, 0) is 29.8 Å². The van der Waals surface area contributed by atoms with Gasteiger partial charge in [0, 0.05) is 11.0 Å². The molecule has 3 aromatic rings. The third-order valence-electron chi connectivity index (χ3n) is 3.10. The van der Waals surface area contributed by atoms with Crippen molar-refractivity contribution in [3.63, 3.8) is 0 Å². The molecule has 0 spiro atoms. The summed E-state index contributed by atoms with van der Waals surface area (Å²) in [5.74, 6) is -0.247. The van der Waals surface area contributed by atoms with Crippen LogP contribution in [-0.2, 0) is 0 Å². The van der Waals surface area contributed by atoms with Gasteiger partial charge in [0.1, 0.15) is 5.82 Å². The first-order valence-electron chi connectivity index (χ1n) is 6.05. The molecule has 0 amide bonds. The van der Waals surface area contributed by atoms with Crippen molar-refractivity contribution in [1.29, 1.82) is 0 Å². The Morgan fingerprint density at radius 3 is 2.42 bits per heavy atom. The molecule has 1 aromatic heterocycles. The minimum Gasteiger partial charge on any atom is -0.248 e. The first-order chi connectivity index (χ1) is 9.24. The molecule has 0 aliphatic rings. The van der Waals surface area contributed by atoms with Gasteiger partial charge in [0.05, 0.1) is 11.2 Å². The summed E-state index contributed by atoms with van der Waals surface area (Å²) in [6.45, 7) is 4.05. The highest BCUT2D eigenvalue weighted by molar-refractivity contribution is 5.83. The number of halogens is 1. The van der Waals surface area contributed by atoms with Gasteiger partial charge in [0.25, 0.3) is 0 Å². The lowest BCUT2D eigenvalue weighted by atomic mass is 10.0. The van der Waals surface area contributed by atoms with Crippen molar-refractivity contribution in [2.45, 2.75) is 0 Å². The Hall–Kier alpha value is -2.48. The molecule has 2 heteroatoms. The predicted molar refractivity (Wildman–Crippen MR) is 76.3 cm³/mol. The Kier molecular flexibility index (Phi) is 2.84. The molecule has 0 saturated heterocycles. The van der Waals surface area contributed by atoms with E-state index < -0.39 is 0 Å². The van der Waals surface area contributed by atoms with Crippen LogP contribution in [0.4, 0.5) is 4.39 Å². The summed E-state index contributed by atoms with van der Waals surface area (Å²) in [6.07, 6.45) is 0. The standard InChI is InChI=1S/C17H12FN/c1-12(13-6-9-15(18)10-7-13)16-11-8-14-4-2-3-5-17(14)19-16/h2-11H,1H2. The fourth-order valence-electron chi connectivity index (χ4n) is 2.03. The largest absolute Gasteiger partial charge is 0.248 e. The quantitative estimate of drug-likeness (QED) is 0.654. The van der Waals surface area contributed by atoms with Crippen molar-refractivity contribution in [1.82, 2.24) is 4.98 Å². The van der Waals surface area contributed by atoms with E-state index in [2.05, 4.69) is 11.6 Å². The van der Waals surface area contributed by atoms with E-state index in [0.29, 0.717) is 0 Å². The molecule has 0 aliphatic heterocycles. The summed E-state index contributed by atoms with van der Waals surface area (Å²) in [5, 5.41) is 1.10. The van der Waals surface area contributed by atoms with Crippen LogP contribution in [0.25, 0.3) is 16.5 Å². The Balaban J connectivity index is 2.04. The molecule has 1 heterocycles. The van der Waals surface area contributed by atoms with Crippen LogP contribution >= 0.6 is 0 Å². The summed E-state index contributed by atoms with van der Waals surface area (Å²) >= 11 is 0. The molecule has 0 aliphatic carbocycles. The summed E-state index contributed by atoms with van der Waals surface area (Å²) in [6, 6.07) is 18.2. The number of hydrogen-bond donors (Lipinski definition) is 0. The first-order valence-corrected chi connectivity index (χ1v) is 6.05. The lowest BCUT2D eigenvalue weighted by Crippen LogP contribution is -1.91. The Morgan fingerprint density at radius 1 is 0.895 bits per heavy atom. The van der Waals surface area contributed by atoms with Crippen LogP contribution in [0.5, 0.6) is 0 Å². The predicted octanol–water partition coefficient (Wildman–Crippen LogP) is 4.44. The molecule has 0 saturated carbocycles. The van der Waals surface area contributed by atoms with Gasteiger partial charge in [-0.3, -0.25) is 0 Å². The maximum atomic E-state index is 12.9. The fourth-order valence-corrected chi connectivity index (χ4v) is 2.03. The molecule has 0 atom stereocenters. The van der Waals surface area contributed by atoms with E-state index in [1.54, 1.807) is 12.1 Å². The van der Waals surface area contributed by atoms with E-state index in [-0.39, 0.29) is 5.82 Å². The minimum atomic E-state index is -0.247. The third kappa shape index (κ3) is 2.25. The van der Waals surface area contributed by atoms with Gasteiger partial charge in [-0.25, -0.2) is 9.37 Å². The second kappa shape index (κ2) is 4.65. The number of nitrogens with zero attached hydrogens (tertiary/aromatic N) is 1. The highest BCUT2D eigenvalue weighted by Crippen LogP contribution is 2.22. The van der Waals surface area contributed by atoms with Gasteiger partial charge in [-0.2, -0.15) is 0 Å². The number of hydrogen-bond acceptors (Lipinski definition) is 1. The number of aromatic nitrogens is 1. The first kappa shape index (κ1) is 11.6. The second-order valence-corrected chi connectivity index (χ2v) is 4.37. The zero-order valence-electron chi connectivity index (χ0n) is 10.3. The van der Waals surface area contributed by atoms with Crippen LogP contribution in [0.15, 0.2) is 67.2 Å². The van der Waals surface area contributed by atoms with Gasteiger partial charge in [0.15, 0.2) is 0 Å². The number of benzene rings is 2. The second-order valence-electron chi connectivity index (χ2n) is 4.37. The molecule has 2 aromatic carbocycles. The smallest absolute Gasteiger partial charge is 0.123 e. The molecular weight excluding hydrogens is 237 g/mol. The summed E-state index contributed by atoms with van der Waals surface area (Å²) < 4.78 is 12.9. The average molecular weight is 249 g/mol. The van der Waals surface area contributed by atoms with E-state index in [1.807, 2.05) is 36.4 Å². The van der Waals surface area contributed by atoms with Gasteiger partial charge in [-0.1, -0.05) is 43.0 Å². The zero-order valence-corrected chi connectivity index (χ0v) is 10.3. The van der Waals surface area contributed by atoms with Crippen LogP contribution in [-0.4, -0.2) is 4.98 Å². The van der Waals surface area contributed by atoms with Gasteiger partial charge in [-0.15, -0.1) is 0 Å². The normalized spacial score (nSPS) is 10.6. The summed E-state index contributed by atoms with van der Waals surface area (Å²) in [7, 11) is 0. The maximum absolute atomic E-state index is 12.9. The van der Waals surface area contributed by atoms with Crippen molar-refractivity contribution < 1.29 is 4.39 Å². The summed E-state index contributed by atoms with van der Waals surface area (Å²) in [4.78, 5) is 4.58. The van der Waals surface area contributed by atoms with Crippen molar-refractivity contribution >= 4 is 16.5 Å². The highest BCUT2D eigenvalue weighted by Gasteiger charge is 2.05. The lowest BCUT2D eigenvalue weighted by Gasteiger charge is -2.06. The minimum absolute atomic E-state index is 0.247. The van der Waals surface area contributed by atoms with Crippen molar-refractivity contribution in [2.24, 2.45) is 0 Å². The van der Waals surface area contributed by atoms with Crippen LogP contribution < -0.4 is 0 Å². The third-order valence-corrected chi connectivity index (χ3v) is 3.10. The molecule has 3 rings (SSSR count). The Labute approximate surface area is 111 Å². The summed E-state index contributed by atoms with van der Waals surface area (Å²) in [5.41, 5.74) is 3.42. The van der Waals surface area contributed by atoms with Gasteiger partial charge in [0.2, 0.25) is 0 Å². The molecule has 1 nitrogen and oxygen atoms in total. The average Bonchev–Trinajstić information content (AvgIpc) is 2.47. The number of fused-ring (bicyclic) bond motifs is 1. The van der Waals surface area contributed by atoms with Crippen molar-refractivity contribution in [3.8, 4) is 0 Å². The Morgan fingerprint density at radius 2 is 1.63 bits per heavy atom. The zero-order chi connectivity index (χ0) is 13.2. The molecular formula is C17H12FN. The number of pyridine rings is 1. The van der Waals surface area contributed by atoms with Crippen LogP contribution in [0.3, 0.4) is 0 Å². The fraction of sp³-hybridized carbons (Fsp3) is 0. The molecule has 19 heavy (non-hydrogen) atoms. The van der Waals surface area contributed by atoms with Gasteiger partial charge >= 0.3 is 0 Å². The van der Waals surface area contributed by atoms with Crippen LogP contribution in [0.2, 0.25) is 0 Å². The van der Waals surface area contributed by atoms with E-state index in [1.165, 1.54) is 12.1 Å². The Bertz CT molecular complexity index is 745. The SMILES string of the molecule is C=C(c1ccc(F)cc1)c1ccc2ccccc2n1. The van der Waals surface area contributed by atoms with Crippen molar-refractivity contribution in [2.75, 3.05) is 0 Å². The molecule has 0 unspecified atom stereocenters. The van der Waals surface area contributed by atoms with Crippen LogP contribution in [0.1, 0.15) is 11.3 Å². The molecule has 0 bridgehead atoms. The highest BCUT2D eigenvalue weighted by atomic mass is 19.1. The molecule has 0 radical (unpaired) electrons. The number of rotatable bonds is 2. The molecule has 92 valence electrons.